The van der Waals surface area contributed by atoms with Gasteiger partial charge in [0.15, 0.2) is 5.69 Å². The molecule has 0 radical (unpaired) electrons. The molecule has 1 aliphatic carbocycles. The number of carbonyl (C=O) groups excluding carboxylic acids is 2. The molecule has 7 nitrogen and oxygen atoms in total. The lowest BCUT2D eigenvalue weighted by Gasteiger charge is -2.04. The number of esters is 1. The molecule has 2 rings (SSSR count). The number of carbonyl (C=O) groups is 2. The molecule has 19 heavy (non-hydrogen) atoms. The van der Waals surface area contributed by atoms with E-state index in [1.165, 1.54) is 0 Å². The molecule has 0 aromatic carbocycles. The molecule has 7 heteroatoms. The van der Waals surface area contributed by atoms with Crippen LogP contribution in [0.4, 0.5) is 0 Å². The fourth-order valence-electron chi connectivity index (χ4n) is 1.70. The minimum absolute atomic E-state index is 0.00934. The number of rotatable bonds is 6. The Morgan fingerprint density at radius 3 is 2.84 bits per heavy atom. The molecule has 104 valence electrons. The molecule has 1 aromatic rings. The molecule has 1 fully saturated rings. The fraction of sp³-hybridized carbons (Fsp3) is 0.667. The van der Waals surface area contributed by atoms with Crippen molar-refractivity contribution in [2.75, 3.05) is 6.61 Å². The second-order valence-corrected chi connectivity index (χ2v) is 4.56. The lowest BCUT2D eigenvalue weighted by Crippen LogP contribution is -2.26. The van der Waals surface area contributed by atoms with Gasteiger partial charge >= 0.3 is 5.97 Å². The van der Waals surface area contributed by atoms with Crippen LogP contribution in [0.25, 0.3) is 0 Å². The van der Waals surface area contributed by atoms with E-state index in [4.69, 9.17) is 4.74 Å². The molecule has 0 bridgehead atoms. The summed E-state index contributed by atoms with van der Waals surface area (Å²) >= 11 is 0. The number of ether oxygens (including phenoxy) is 1. The van der Waals surface area contributed by atoms with Crippen molar-refractivity contribution in [3.8, 4) is 0 Å². The predicted molar refractivity (Wildman–Crippen MR) is 66.5 cm³/mol. The SMILES string of the molecule is CCOC(=O)c1nnn(CCC(=O)NC2CC2)c1C. The average molecular weight is 266 g/mol. The van der Waals surface area contributed by atoms with Gasteiger partial charge in [-0.3, -0.25) is 4.79 Å². The summed E-state index contributed by atoms with van der Waals surface area (Å²) in [5.74, 6) is -0.469. The first-order valence-electron chi connectivity index (χ1n) is 6.48. The number of amides is 1. The van der Waals surface area contributed by atoms with E-state index in [1.54, 1.807) is 18.5 Å². The Bertz CT molecular complexity index is 479. The summed E-state index contributed by atoms with van der Waals surface area (Å²) in [6, 6.07) is 0.361. The maximum absolute atomic E-state index is 11.6. The van der Waals surface area contributed by atoms with Crippen LogP contribution in [-0.2, 0) is 16.1 Å². The highest BCUT2D eigenvalue weighted by atomic mass is 16.5. The second-order valence-electron chi connectivity index (χ2n) is 4.56. The number of nitrogens with one attached hydrogen (secondary N) is 1. The molecule has 0 saturated heterocycles. The standard InChI is InChI=1S/C12H18N4O3/c1-3-19-12(18)11-8(2)16(15-14-11)7-6-10(17)13-9-4-5-9/h9H,3-7H2,1-2H3,(H,13,17). The first-order chi connectivity index (χ1) is 9.11. The first-order valence-corrected chi connectivity index (χ1v) is 6.48. The van der Waals surface area contributed by atoms with E-state index in [1.807, 2.05) is 0 Å². The molecule has 1 aliphatic rings. The summed E-state index contributed by atoms with van der Waals surface area (Å²) in [4.78, 5) is 23.1. The van der Waals surface area contributed by atoms with Gasteiger partial charge in [-0.25, -0.2) is 9.48 Å². The summed E-state index contributed by atoms with van der Waals surface area (Å²) in [6.07, 6.45) is 2.48. The molecular formula is C12H18N4O3. The topological polar surface area (TPSA) is 86.1 Å². The smallest absolute Gasteiger partial charge is 0.360 e. The predicted octanol–water partition coefficient (Wildman–Crippen LogP) is 0.432. The minimum atomic E-state index is -0.478. The maximum atomic E-state index is 11.6. The Hall–Kier alpha value is -1.92. The van der Waals surface area contributed by atoms with Crippen LogP contribution in [0, 0.1) is 6.92 Å². The van der Waals surface area contributed by atoms with Crippen LogP contribution in [0.5, 0.6) is 0 Å². The van der Waals surface area contributed by atoms with Crippen molar-refractivity contribution >= 4 is 11.9 Å². The second kappa shape index (κ2) is 5.81. The molecule has 0 atom stereocenters. The van der Waals surface area contributed by atoms with E-state index in [9.17, 15) is 9.59 Å². The van der Waals surface area contributed by atoms with Crippen molar-refractivity contribution in [1.29, 1.82) is 0 Å². The van der Waals surface area contributed by atoms with Crippen molar-refractivity contribution in [2.45, 2.75) is 45.7 Å². The number of nitrogens with zero attached hydrogens (tertiary/aromatic N) is 3. The molecule has 0 unspecified atom stereocenters. The number of aryl methyl sites for hydroxylation is 1. The Kier molecular flexibility index (Phi) is 4.13. The summed E-state index contributed by atoms with van der Waals surface area (Å²) < 4.78 is 6.43. The van der Waals surface area contributed by atoms with E-state index in [0.717, 1.165) is 12.8 Å². The van der Waals surface area contributed by atoms with E-state index in [0.29, 0.717) is 31.3 Å². The molecule has 0 spiro atoms. The molecule has 1 amide bonds. The van der Waals surface area contributed by atoms with Crippen molar-refractivity contribution in [3.63, 3.8) is 0 Å². The quantitative estimate of drug-likeness (QED) is 0.755. The van der Waals surface area contributed by atoms with E-state index in [-0.39, 0.29) is 11.6 Å². The van der Waals surface area contributed by atoms with Crippen molar-refractivity contribution in [1.82, 2.24) is 20.3 Å². The van der Waals surface area contributed by atoms with Crippen LogP contribution in [0.3, 0.4) is 0 Å². The van der Waals surface area contributed by atoms with Gasteiger partial charge in [0.1, 0.15) is 0 Å². The van der Waals surface area contributed by atoms with E-state index < -0.39 is 5.97 Å². The average Bonchev–Trinajstić information content (AvgIpc) is 3.09. The normalized spacial score (nSPS) is 14.2. The summed E-state index contributed by atoms with van der Waals surface area (Å²) in [5.41, 5.74) is 0.835. The number of aromatic nitrogens is 3. The van der Waals surface area contributed by atoms with Crippen LogP contribution >= 0.6 is 0 Å². The highest BCUT2D eigenvalue weighted by molar-refractivity contribution is 5.88. The molecular weight excluding hydrogens is 248 g/mol. The van der Waals surface area contributed by atoms with Gasteiger partial charge in [-0.2, -0.15) is 0 Å². The van der Waals surface area contributed by atoms with Gasteiger partial charge < -0.3 is 10.1 Å². The summed E-state index contributed by atoms with van der Waals surface area (Å²) in [6.45, 7) is 4.19. The lowest BCUT2D eigenvalue weighted by molar-refractivity contribution is -0.121. The van der Waals surface area contributed by atoms with Crippen molar-refractivity contribution in [2.24, 2.45) is 0 Å². The Morgan fingerprint density at radius 1 is 1.47 bits per heavy atom. The highest BCUT2D eigenvalue weighted by Crippen LogP contribution is 2.18. The zero-order valence-corrected chi connectivity index (χ0v) is 11.2. The van der Waals surface area contributed by atoms with Crippen LogP contribution in [-0.4, -0.2) is 39.5 Å². The Balaban J connectivity index is 1.89. The minimum Gasteiger partial charge on any atom is -0.461 e. The van der Waals surface area contributed by atoms with E-state index >= 15 is 0 Å². The fourth-order valence-corrected chi connectivity index (χ4v) is 1.70. The van der Waals surface area contributed by atoms with Crippen molar-refractivity contribution in [3.05, 3.63) is 11.4 Å². The molecule has 1 N–H and O–H groups in total. The Morgan fingerprint density at radius 2 is 2.21 bits per heavy atom. The van der Waals surface area contributed by atoms with Crippen LogP contribution in [0.2, 0.25) is 0 Å². The van der Waals surface area contributed by atoms with E-state index in [2.05, 4.69) is 15.6 Å². The zero-order valence-electron chi connectivity index (χ0n) is 11.2. The largest absolute Gasteiger partial charge is 0.461 e. The highest BCUT2D eigenvalue weighted by Gasteiger charge is 2.23. The van der Waals surface area contributed by atoms with Crippen LogP contribution in [0.1, 0.15) is 42.4 Å². The molecule has 1 saturated carbocycles. The van der Waals surface area contributed by atoms with Gasteiger partial charge in [0, 0.05) is 12.5 Å². The van der Waals surface area contributed by atoms with Crippen LogP contribution < -0.4 is 5.32 Å². The van der Waals surface area contributed by atoms with Crippen LogP contribution in [0.15, 0.2) is 0 Å². The monoisotopic (exact) mass is 266 g/mol. The van der Waals surface area contributed by atoms with Gasteiger partial charge in [-0.15, -0.1) is 5.10 Å². The van der Waals surface area contributed by atoms with Gasteiger partial charge in [0.2, 0.25) is 5.91 Å². The van der Waals surface area contributed by atoms with Gasteiger partial charge in [-0.05, 0) is 26.7 Å². The molecule has 0 aliphatic heterocycles. The Labute approximate surface area is 111 Å². The first kappa shape index (κ1) is 13.5. The molecule has 1 heterocycles. The third-order valence-electron chi connectivity index (χ3n) is 2.94. The van der Waals surface area contributed by atoms with Gasteiger partial charge in [0.25, 0.3) is 0 Å². The van der Waals surface area contributed by atoms with Crippen molar-refractivity contribution < 1.29 is 14.3 Å². The summed E-state index contributed by atoms with van der Waals surface area (Å²) in [5, 5.41) is 10.6. The van der Waals surface area contributed by atoms with Gasteiger partial charge in [0.05, 0.1) is 18.8 Å². The van der Waals surface area contributed by atoms with Gasteiger partial charge in [-0.1, -0.05) is 5.21 Å². The number of hydrogen-bond acceptors (Lipinski definition) is 5. The lowest BCUT2D eigenvalue weighted by atomic mass is 10.3. The maximum Gasteiger partial charge on any atom is 0.360 e. The third kappa shape index (κ3) is 3.52. The zero-order chi connectivity index (χ0) is 13.8. The third-order valence-corrected chi connectivity index (χ3v) is 2.94. The molecule has 1 aromatic heterocycles. The summed E-state index contributed by atoms with van der Waals surface area (Å²) in [7, 11) is 0. The number of hydrogen-bond donors (Lipinski definition) is 1.